The Hall–Kier alpha value is -2.48. The molecule has 0 fully saturated rings. The molecule has 0 saturated carbocycles. The summed E-state index contributed by atoms with van der Waals surface area (Å²) in [6.07, 6.45) is 8.69. The van der Waals surface area contributed by atoms with E-state index in [2.05, 4.69) is 54.4 Å². The Balaban J connectivity index is 0.000000954. The molecule has 0 radical (unpaired) electrons. The molecule has 0 aliphatic heterocycles. The van der Waals surface area contributed by atoms with Crippen LogP contribution in [0.1, 0.15) is 38.4 Å². The number of carboxylic acid groups (broad SMARTS) is 2. The predicted octanol–water partition coefficient (Wildman–Crippen LogP) is 4.98. The van der Waals surface area contributed by atoms with E-state index in [9.17, 15) is 14.7 Å². The summed E-state index contributed by atoms with van der Waals surface area (Å²) in [4.78, 5) is 21.3. The van der Waals surface area contributed by atoms with Crippen molar-refractivity contribution in [1.29, 1.82) is 0 Å². The molecular formula is C24H32BrNO5. The molecule has 0 amide bonds. The summed E-state index contributed by atoms with van der Waals surface area (Å²) < 4.78 is 1.02. The summed E-state index contributed by atoms with van der Waals surface area (Å²) in [7, 11) is 2.10. The van der Waals surface area contributed by atoms with Gasteiger partial charge in [-0.1, -0.05) is 57.4 Å². The first-order valence-corrected chi connectivity index (χ1v) is 10.5. The summed E-state index contributed by atoms with van der Waals surface area (Å²) in [5.41, 5.74) is 3.50. The molecule has 0 aliphatic rings. The Morgan fingerprint density at radius 1 is 1.10 bits per heavy atom. The quantitative estimate of drug-likeness (QED) is 0.296. The summed E-state index contributed by atoms with van der Waals surface area (Å²) in [6.45, 7) is 9.87. The van der Waals surface area contributed by atoms with Crippen LogP contribution in [0.2, 0.25) is 0 Å². The van der Waals surface area contributed by atoms with E-state index in [1.165, 1.54) is 11.1 Å². The molecule has 0 aliphatic carbocycles. The van der Waals surface area contributed by atoms with Crippen molar-refractivity contribution in [3.8, 4) is 0 Å². The molecule has 1 rings (SSSR count). The number of aliphatic hydroxyl groups is 1. The maximum atomic E-state index is 10.2. The highest BCUT2D eigenvalue weighted by atomic mass is 79.9. The van der Waals surface area contributed by atoms with Crippen LogP contribution in [-0.4, -0.2) is 52.3 Å². The number of hydrogen-bond acceptors (Lipinski definition) is 4. The molecule has 1 atom stereocenters. The molecule has 0 heterocycles. The minimum absolute atomic E-state index is 0.535. The standard InChI is InChI=1S/C20H28BrNO.C4H4O4/c1-5-13-22(4)15-17(3)8-6-7-16(2)14-20(23)18-9-11-19(21)12-10-18;5-3(6)1-2-4(7)8/h5,8-12,14,20,23H,1,6-7,13,15H2,2-4H3;1-2H,(H,5,6)(H,7,8)/b16-14+,17-8+;2-1+. The van der Waals surface area contributed by atoms with Gasteiger partial charge in [-0.25, -0.2) is 9.59 Å². The van der Waals surface area contributed by atoms with Gasteiger partial charge in [0.25, 0.3) is 0 Å². The Labute approximate surface area is 193 Å². The summed E-state index contributed by atoms with van der Waals surface area (Å²) >= 11 is 3.41. The number of nitrogens with zero attached hydrogens (tertiary/aromatic N) is 1. The fourth-order valence-electron chi connectivity index (χ4n) is 2.57. The first-order chi connectivity index (χ1) is 14.5. The van der Waals surface area contributed by atoms with E-state index in [-0.39, 0.29) is 0 Å². The van der Waals surface area contributed by atoms with E-state index in [1.807, 2.05) is 36.4 Å². The topological polar surface area (TPSA) is 98.1 Å². The smallest absolute Gasteiger partial charge is 0.328 e. The molecule has 0 saturated heterocycles. The number of rotatable bonds is 11. The van der Waals surface area contributed by atoms with Crippen molar-refractivity contribution >= 4 is 27.9 Å². The van der Waals surface area contributed by atoms with Gasteiger partial charge in [0.1, 0.15) is 0 Å². The first-order valence-electron chi connectivity index (χ1n) is 9.75. The number of halogens is 1. The molecule has 31 heavy (non-hydrogen) atoms. The minimum Gasteiger partial charge on any atom is -0.478 e. The zero-order valence-corrected chi connectivity index (χ0v) is 19.9. The first kappa shape index (κ1) is 28.5. The maximum Gasteiger partial charge on any atom is 0.328 e. The van der Waals surface area contributed by atoms with Crippen molar-refractivity contribution in [3.63, 3.8) is 0 Å². The van der Waals surface area contributed by atoms with E-state index < -0.39 is 18.0 Å². The highest BCUT2D eigenvalue weighted by molar-refractivity contribution is 9.10. The highest BCUT2D eigenvalue weighted by Gasteiger charge is 2.04. The van der Waals surface area contributed by atoms with Gasteiger partial charge in [-0.15, -0.1) is 6.58 Å². The third-order valence-electron chi connectivity index (χ3n) is 4.01. The molecule has 0 spiro atoms. The molecule has 0 bridgehead atoms. The second-order valence-corrected chi connectivity index (χ2v) is 8.01. The van der Waals surface area contributed by atoms with Crippen LogP contribution in [0.25, 0.3) is 0 Å². The summed E-state index contributed by atoms with van der Waals surface area (Å²) in [5, 5.41) is 25.9. The van der Waals surface area contributed by atoms with Gasteiger partial charge in [0.05, 0.1) is 6.10 Å². The van der Waals surface area contributed by atoms with Crippen molar-refractivity contribution in [3.05, 3.63) is 82.4 Å². The fourth-order valence-corrected chi connectivity index (χ4v) is 2.84. The zero-order chi connectivity index (χ0) is 23.8. The van der Waals surface area contributed by atoms with Crippen LogP contribution in [-0.2, 0) is 9.59 Å². The zero-order valence-electron chi connectivity index (χ0n) is 18.3. The van der Waals surface area contributed by atoms with Crippen molar-refractivity contribution in [2.45, 2.75) is 32.8 Å². The third kappa shape index (κ3) is 16.0. The highest BCUT2D eigenvalue weighted by Crippen LogP contribution is 2.20. The molecule has 3 N–H and O–H groups in total. The van der Waals surface area contributed by atoms with Gasteiger partial charge in [0, 0.05) is 29.7 Å². The Kier molecular flexibility index (Phi) is 14.9. The largest absolute Gasteiger partial charge is 0.478 e. The van der Waals surface area contributed by atoms with Crippen LogP contribution < -0.4 is 0 Å². The van der Waals surface area contributed by atoms with Crippen LogP contribution in [0.3, 0.4) is 0 Å². The number of benzene rings is 1. The number of carbonyl (C=O) groups is 2. The Bertz CT molecular complexity index is 781. The average Bonchev–Trinajstić information content (AvgIpc) is 2.67. The minimum atomic E-state index is -1.26. The van der Waals surface area contributed by atoms with E-state index in [0.717, 1.165) is 36.0 Å². The van der Waals surface area contributed by atoms with E-state index in [1.54, 1.807) is 0 Å². The van der Waals surface area contributed by atoms with Crippen LogP contribution in [0.4, 0.5) is 0 Å². The number of allylic oxidation sites excluding steroid dienone is 2. The second-order valence-electron chi connectivity index (χ2n) is 7.09. The number of aliphatic hydroxyl groups excluding tert-OH is 1. The van der Waals surface area contributed by atoms with Crippen molar-refractivity contribution in [1.82, 2.24) is 4.90 Å². The van der Waals surface area contributed by atoms with Gasteiger partial charge < -0.3 is 15.3 Å². The second kappa shape index (κ2) is 16.2. The van der Waals surface area contributed by atoms with Crippen LogP contribution in [0.15, 0.2) is 76.8 Å². The van der Waals surface area contributed by atoms with E-state index in [0.29, 0.717) is 12.2 Å². The summed E-state index contributed by atoms with van der Waals surface area (Å²) in [5.74, 6) is -2.51. The van der Waals surface area contributed by atoms with Crippen LogP contribution >= 0.6 is 15.9 Å². The van der Waals surface area contributed by atoms with Crippen LogP contribution in [0, 0.1) is 0 Å². The molecule has 7 heteroatoms. The predicted molar refractivity (Wildman–Crippen MR) is 128 cm³/mol. The molecular weight excluding hydrogens is 462 g/mol. The van der Waals surface area contributed by atoms with E-state index >= 15 is 0 Å². The number of carboxylic acids is 2. The van der Waals surface area contributed by atoms with E-state index in [4.69, 9.17) is 10.2 Å². The van der Waals surface area contributed by atoms with Gasteiger partial charge in [0.15, 0.2) is 0 Å². The lowest BCUT2D eigenvalue weighted by Crippen LogP contribution is -2.20. The van der Waals surface area contributed by atoms with Crippen molar-refractivity contribution in [2.75, 3.05) is 20.1 Å². The Morgan fingerprint density at radius 2 is 1.65 bits per heavy atom. The number of aliphatic carboxylic acids is 2. The molecule has 1 unspecified atom stereocenters. The fraction of sp³-hybridized carbons (Fsp3) is 0.333. The third-order valence-corrected chi connectivity index (χ3v) is 4.54. The lowest BCUT2D eigenvalue weighted by molar-refractivity contribution is -0.134. The summed E-state index contributed by atoms with van der Waals surface area (Å²) in [6, 6.07) is 7.79. The van der Waals surface area contributed by atoms with Gasteiger partial charge in [-0.2, -0.15) is 0 Å². The Morgan fingerprint density at radius 3 is 2.13 bits per heavy atom. The average molecular weight is 494 g/mol. The normalized spacial score (nSPS) is 13.0. The number of likely N-dealkylation sites (N-methyl/N-ethyl adjacent to an activating group) is 1. The lowest BCUT2D eigenvalue weighted by Gasteiger charge is -2.14. The van der Waals surface area contributed by atoms with Crippen molar-refractivity contribution < 1.29 is 24.9 Å². The monoisotopic (exact) mass is 493 g/mol. The van der Waals surface area contributed by atoms with Gasteiger partial charge in [-0.05, 0) is 51.4 Å². The molecule has 0 aromatic heterocycles. The molecule has 6 nitrogen and oxygen atoms in total. The lowest BCUT2D eigenvalue weighted by atomic mass is 10.0. The molecule has 170 valence electrons. The van der Waals surface area contributed by atoms with Crippen LogP contribution in [0.5, 0.6) is 0 Å². The SMILES string of the molecule is C=CCN(C)C/C(C)=C/CC/C(C)=C/C(O)c1ccc(Br)cc1.O=C(O)/C=C/C(=O)O. The molecule has 1 aromatic carbocycles. The van der Waals surface area contributed by atoms with Gasteiger partial charge in [-0.3, -0.25) is 4.90 Å². The number of hydrogen-bond donors (Lipinski definition) is 3. The molecule has 1 aromatic rings. The van der Waals surface area contributed by atoms with Gasteiger partial charge >= 0.3 is 11.9 Å². The maximum absolute atomic E-state index is 10.2. The van der Waals surface area contributed by atoms with Gasteiger partial charge in [0.2, 0.25) is 0 Å². The van der Waals surface area contributed by atoms with Crippen molar-refractivity contribution in [2.24, 2.45) is 0 Å².